The average molecular weight is 390 g/mol. The standard InChI is InChI=1S/C18H18N2O6S/c21-27(22,20-7-10-23-11-8-20)16-5-3-15(4-6-16)25-13-14-12-18(26-19-14)17-2-1-9-24-17/h1-6,9,12H,7-8,10-11,13H2. The molecule has 9 heteroatoms. The Morgan fingerprint density at radius 1 is 1.07 bits per heavy atom. The summed E-state index contributed by atoms with van der Waals surface area (Å²) in [5, 5.41) is 3.93. The van der Waals surface area contributed by atoms with Crippen LogP contribution in [0.15, 0.2) is 62.6 Å². The number of rotatable bonds is 6. The van der Waals surface area contributed by atoms with Crippen LogP contribution in [0, 0.1) is 0 Å². The van der Waals surface area contributed by atoms with E-state index in [0.717, 1.165) is 0 Å². The zero-order valence-corrected chi connectivity index (χ0v) is 15.2. The molecule has 1 saturated heterocycles. The minimum Gasteiger partial charge on any atom is -0.487 e. The van der Waals surface area contributed by atoms with E-state index in [0.29, 0.717) is 49.3 Å². The number of furan rings is 1. The van der Waals surface area contributed by atoms with E-state index >= 15 is 0 Å². The smallest absolute Gasteiger partial charge is 0.243 e. The van der Waals surface area contributed by atoms with Crippen LogP contribution in [-0.4, -0.2) is 44.2 Å². The van der Waals surface area contributed by atoms with Crippen LogP contribution in [0.3, 0.4) is 0 Å². The van der Waals surface area contributed by atoms with Gasteiger partial charge >= 0.3 is 0 Å². The summed E-state index contributed by atoms with van der Waals surface area (Å²) in [7, 11) is -3.51. The van der Waals surface area contributed by atoms with Crippen molar-refractivity contribution in [3.8, 4) is 17.3 Å². The Labute approximate surface area is 156 Å². The van der Waals surface area contributed by atoms with Gasteiger partial charge in [-0.2, -0.15) is 4.31 Å². The van der Waals surface area contributed by atoms with E-state index in [-0.39, 0.29) is 11.5 Å². The fraction of sp³-hybridized carbons (Fsp3) is 0.278. The lowest BCUT2D eigenvalue weighted by molar-refractivity contribution is 0.0730. The average Bonchev–Trinajstić information content (AvgIpc) is 3.39. The van der Waals surface area contributed by atoms with Gasteiger partial charge in [-0.15, -0.1) is 0 Å². The predicted octanol–water partition coefficient (Wildman–Crippen LogP) is 2.53. The van der Waals surface area contributed by atoms with Gasteiger partial charge in [-0.3, -0.25) is 0 Å². The molecule has 0 saturated carbocycles. The third kappa shape index (κ3) is 3.90. The Morgan fingerprint density at radius 3 is 2.56 bits per heavy atom. The monoisotopic (exact) mass is 390 g/mol. The molecule has 0 aliphatic carbocycles. The zero-order chi connectivity index (χ0) is 18.7. The number of aromatic nitrogens is 1. The summed E-state index contributed by atoms with van der Waals surface area (Å²) in [6.45, 7) is 1.76. The Morgan fingerprint density at radius 2 is 1.85 bits per heavy atom. The summed E-state index contributed by atoms with van der Waals surface area (Å²) in [5.41, 5.74) is 0.603. The largest absolute Gasteiger partial charge is 0.487 e. The Hall–Kier alpha value is -2.62. The third-order valence-corrected chi connectivity index (χ3v) is 6.05. The van der Waals surface area contributed by atoms with E-state index in [1.54, 1.807) is 36.6 Å². The minimum absolute atomic E-state index is 0.194. The van der Waals surface area contributed by atoms with Crippen molar-refractivity contribution in [2.24, 2.45) is 0 Å². The van der Waals surface area contributed by atoms with Crippen molar-refractivity contribution in [2.75, 3.05) is 26.3 Å². The highest BCUT2D eigenvalue weighted by atomic mass is 32.2. The molecule has 4 rings (SSSR count). The second-order valence-corrected chi connectivity index (χ2v) is 7.87. The molecule has 1 fully saturated rings. The highest BCUT2D eigenvalue weighted by Gasteiger charge is 2.26. The summed E-state index contributed by atoms with van der Waals surface area (Å²) in [6, 6.07) is 11.6. The quantitative estimate of drug-likeness (QED) is 0.638. The molecule has 0 spiro atoms. The first-order chi connectivity index (χ1) is 13.1. The number of sulfonamides is 1. The van der Waals surface area contributed by atoms with Crippen LogP contribution in [0.1, 0.15) is 5.69 Å². The topological polar surface area (TPSA) is 95.0 Å². The fourth-order valence-electron chi connectivity index (χ4n) is 2.72. The Kier molecular flexibility index (Phi) is 4.97. The molecule has 0 unspecified atom stereocenters. The van der Waals surface area contributed by atoms with E-state index < -0.39 is 10.0 Å². The molecule has 2 aromatic heterocycles. The SMILES string of the molecule is O=S(=O)(c1ccc(OCc2cc(-c3ccco3)on2)cc1)N1CCOCC1. The first kappa shape index (κ1) is 17.8. The summed E-state index contributed by atoms with van der Waals surface area (Å²) >= 11 is 0. The van der Waals surface area contributed by atoms with Crippen molar-refractivity contribution in [1.82, 2.24) is 9.46 Å². The van der Waals surface area contributed by atoms with Crippen molar-refractivity contribution >= 4 is 10.0 Å². The molecule has 0 bridgehead atoms. The molecule has 1 aliphatic rings. The summed E-state index contributed by atoms with van der Waals surface area (Å²) in [4.78, 5) is 0.235. The molecule has 3 aromatic rings. The first-order valence-electron chi connectivity index (χ1n) is 8.43. The van der Waals surface area contributed by atoms with Gasteiger partial charge in [-0.25, -0.2) is 8.42 Å². The molecule has 142 valence electrons. The lowest BCUT2D eigenvalue weighted by atomic mass is 10.3. The molecule has 0 amide bonds. The number of hydrogen-bond acceptors (Lipinski definition) is 7. The van der Waals surface area contributed by atoms with Crippen molar-refractivity contribution in [1.29, 1.82) is 0 Å². The van der Waals surface area contributed by atoms with Gasteiger partial charge in [0.15, 0.2) is 5.76 Å². The molecule has 1 aromatic carbocycles. The number of hydrogen-bond donors (Lipinski definition) is 0. The van der Waals surface area contributed by atoms with Crippen molar-refractivity contribution in [2.45, 2.75) is 11.5 Å². The van der Waals surface area contributed by atoms with E-state index in [1.807, 2.05) is 0 Å². The zero-order valence-electron chi connectivity index (χ0n) is 14.4. The lowest BCUT2D eigenvalue weighted by Gasteiger charge is -2.26. The third-order valence-electron chi connectivity index (χ3n) is 4.14. The Bertz CT molecular complexity index is 973. The highest BCUT2D eigenvalue weighted by Crippen LogP contribution is 2.23. The van der Waals surface area contributed by atoms with E-state index in [9.17, 15) is 8.42 Å². The van der Waals surface area contributed by atoms with Crippen molar-refractivity contribution in [3.05, 3.63) is 54.4 Å². The number of nitrogens with zero attached hydrogens (tertiary/aromatic N) is 2. The minimum atomic E-state index is -3.51. The number of benzene rings is 1. The molecule has 27 heavy (non-hydrogen) atoms. The molecule has 0 radical (unpaired) electrons. The molecule has 8 nitrogen and oxygen atoms in total. The van der Waals surface area contributed by atoms with Gasteiger partial charge in [0, 0.05) is 19.2 Å². The van der Waals surface area contributed by atoms with Crippen LogP contribution >= 0.6 is 0 Å². The molecule has 0 N–H and O–H groups in total. The lowest BCUT2D eigenvalue weighted by Crippen LogP contribution is -2.40. The van der Waals surface area contributed by atoms with Crippen LogP contribution < -0.4 is 4.74 Å². The van der Waals surface area contributed by atoms with Crippen LogP contribution in [-0.2, 0) is 21.4 Å². The molecule has 3 heterocycles. The van der Waals surface area contributed by atoms with Crippen molar-refractivity contribution in [3.63, 3.8) is 0 Å². The predicted molar refractivity (Wildman–Crippen MR) is 94.6 cm³/mol. The van der Waals surface area contributed by atoms with E-state index in [1.165, 1.54) is 16.4 Å². The molecular weight excluding hydrogens is 372 g/mol. The van der Waals surface area contributed by atoms with E-state index in [4.69, 9.17) is 18.4 Å². The van der Waals surface area contributed by atoms with Crippen LogP contribution in [0.4, 0.5) is 0 Å². The van der Waals surface area contributed by atoms with Gasteiger partial charge in [0.2, 0.25) is 15.8 Å². The number of morpholine rings is 1. The van der Waals surface area contributed by atoms with Crippen LogP contribution in [0.2, 0.25) is 0 Å². The molecular formula is C18H18N2O6S. The van der Waals surface area contributed by atoms with Gasteiger partial charge in [0.1, 0.15) is 18.1 Å². The van der Waals surface area contributed by atoms with Gasteiger partial charge in [0.25, 0.3) is 0 Å². The second kappa shape index (κ2) is 7.55. The van der Waals surface area contributed by atoms with Gasteiger partial charge < -0.3 is 18.4 Å². The van der Waals surface area contributed by atoms with Gasteiger partial charge in [-0.1, -0.05) is 5.16 Å². The number of ether oxygens (including phenoxy) is 2. The maximum atomic E-state index is 12.6. The van der Waals surface area contributed by atoms with Gasteiger partial charge in [-0.05, 0) is 36.4 Å². The summed E-state index contributed by atoms with van der Waals surface area (Å²) < 4.78 is 47.9. The maximum Gasteiger partial charge on any atom is 0.243 e. The summed E-state index contributed by atoms with van der Waals surface area (Å²) in [5.74, 6) is 1.65. The second-order valence-electron chi connectivity index (χ2n) is 5.94. The summed E-state index contributed by atoms with van der Waals surface area (Å²) in [6.07, 6.45) is 1.56. The molecule has 1 aliphatic heterocycles. The molecule has 0 atom stereocenters. The van der Waals surface area contributed by atoms with E-state index in [2.05, 4.69) is 5.16 Å². The van der Waals surface area contributed by atoms with Crippen molar-refractivity contribution < 1.29 is 26.8 Å². The van der Waals surface area contributed by atoms with Crippen LogP contribution in [0.25, 0.3) is 11.5 Å². The fourth-order valence-corrected chi connectivity index (χ4v) is 4.12. The van der Waals surface area contributed by atoms with Crippen LogP contribution in [0.5, 0.6) is 5.75 Å². The first-order valence-corrected chi connectivity index (χ1v) is 9.87. The normalized spacial score (nSPS) is 15.7. The van der Waals surface area contributed by atoms with Gasteiger partial charge in [0.05, 0.1) is 24.4 Å². The Balaban J connectivity index is 1.39. The maximum absolute atomic E-state index is 12.6. The highest BCUT2D eigenvalue weighted by molar-refractivity contribution is 7.89.